The number of allylic oxidation sites excluding steroid dienone is 2. The lowest BCUT2D eigenvalue weighted by Gasteiger charge is -2.10. The minimum absolute atomic E-state index is 0.417. The van der Waals surface area contributed by atoms with E-state index in [1.807, 2.05) is 31.2 Å². The maximum Gasteiger partial charge on any atom is 0.190 e. The van der Waals surface area contributed by atoms with Gasteiger partial charge in [0.05, 0.1) is 13.7 Å². The van der Waals surface area contributed by atoms with E-state index in [0.29, 0.717) is 18.2 Å². The molecular formula is C14H17ClO2. The highest BCUT2D eigenvalue weighted by Crippen LogP contribution is 2.28. The molecule has 0 radical (unpaired) electrons. The van der Waals surface area contributed by atoms with Crippen LogP contribution in [0.5, 0.6) is 5.75 Å². The van der Waals surface area contributed by atoms with E-state index >= 15 is 0 Å². The summed E-state index contributed by atoms with van der Waals surface area (Å²) in [5.41, 5.74) is 1.91. The second-order valence-corrected chi connectivity index (χ2v) is 3.75. The number of rotatable bonds is 6. The quantitative estimate of drug-likeness (QED) is 0.558. The summed E-state index contributed by atoms with van der Waals surface area (Å²) in [6, 6.07) is 7.72. The number of benzene rings is 1. The Bertz CT molecular complexity index is 410. The second kappa shape index (κ2) is 7.02. The Morgan fingerprint density at radius 2 is 2.24 bits per heavy atom. The Balaban J connectivity index is 3.12. The maximum absolute atomic E-state index is 6.12. The van der Waals surface area contributed by atoms with Crippen molar-refractivity contribution < 1.29 is 9.47 Å². The smallest absolute Gasteiger partial charge is 0.190 e. The molecule has 0 aliphatic rings. The molecule has 0 saturated carbocycles. The monoisotopic (exact) mass is 252 g/mol. The lowest BCUT2D eigenvalue weighted by Crippen LogP contribution is -1.93. The molecule has 17 heavy (non-hydrogen) atoms. The largest absolute Gasteiger partial charge is 0.497 e. The summed E-state index contributed by atoms with van der Waals surface area (Å²) in [6.07, 6.45) is 2.46. The number of ether oxygens (including phenoxy) is 2. The molecule has 0 fully saturated rings. The average Bonchev–Trinajstić information content (AvgIpc) is 2.36. The third kappa shape index (κ3) is 3.82. The van der Waals surface area contributed by atoms with Gasteiger partial charge in [0.15, 0.2) is 5.22 Å². The minimum atomic E-state index is 0.417. The van der Waals surface area contributed by atoms with Crippen molar-refractivity contribution in [1.29, 1.82) is 0 Å². The average molecular weight is 253 g/mol. The topological polar surface area (TPSA) is 18.5 Å². The molecule has 0 aromatic heterocycles. The van der Waals surface area contributed by atoms with E-state index in [0.717, 1.165) is 16.9 Å². The fourth-order valence-electron chi connectivity index (χ4n) is 1.48. The van der Waals surface area contributed by atoms with E-state index in [1.54, 1.807) is 13.2 Å². The molecule has 0 atom stereocenters. The summed E-state index contributed by atoms with van der Waals surface area (Å²) in [5, 5.41) is 0.417. The van der Waals surface area contributed by atoms with E-state index in [1.165, 1.54) is 0 Å². The number of hydrogen-bond donors (Lipinski definition) is 0. The maximum atomic E-state index is 6.12. The fourth-order valence-corrected chi connectivity index (χ4v) is 1.78. The molecule has 1 aromatic rings. The van der Waals surface area contributed by atoms with Crippen molar-refractivity contribution in [3.63, 3.8) is 0 Å². The standard InChI is InChI=1S/C14H17ClO2/c1-4-7-13(14(15)17-5-2)11-8-6-9-12(10-11)16-3/h4,6,8-10H,1,5,7H2,2-3H3/b14-13-. The Morgan fingerprint density at radius 3 is 2.82 bits per heavy atom. The third-order valence-corrected chi connectivity index (χ3v) is 2.61. The van der Waals surface area contributed by atoms with Gasteiger partial charge >= 0.3 is 0 Å². The first-order valence-electron chi connectivity index (χ1n) is 5.49. The molecule has 0 spiro atoms. The van der Waals surface area contributed by atoms with Crippen molar-refractivity contribution in [2.75, 3.05) is 13.7 Å². The van der Waals surface area contributed by atoms with Crippen LogP contribution < -0.4 is 4.74 Å². The zero-order valence-electron chi connectivity index (χ0n) is 10.2. The van der Waals surface area contributed by atoms with Gasteiger partial charge in [0.2, 0.25) is 0 Å². The van der Waals surface area contributed by atoms with E-state index in [4.69, 9.17) is 21.1 Å². The predicted molar refractivity (Wildman–Crippen MR) is 72.2 cm³/mol. The minimum Gasteiger partial charge on any atom is -0.497 e. The van der Waals surface area contributed by atoms with Gasteiger partial charge in [-0.3, -0.25) is 0 Å². The Hall–Kier alpha value is -1.41. The van der Waals surface area contributed by atoms with Crippen LogP contribution in [-0.2, 0) is 4.74 Å². The molecule has 0 bridgehead atoms. The van der Waals surface area contributed by atoms with E-state index < -0.39 is 0 Å². The highest BCUT2D eigenvalue weighted by molar-refractivity contribution is 6.31. The van der Waals surface area contributed by atoms with E-state index in [2.05, 4.69) is 6.58 Å². The van der Waals surface area contributed by atoms with Crippen LogP contribution in [-0.4, -0.2) is 13.7 Å². The highest BCUT2D eigenvalue weighted by Gasteiger charge is 2.08. The predicted octanol–water partition coefficient (Wildman–Crippen LogP) is 4.22. The van der Waals surface area contributed by atoms with Crippen LogP contribution in [0.15, 0.2) is 42.1 Å². The first kappa shape index (κ1) is 13.7. The van der Waals surface area contributed by atoms with Crippen molar-refractivity contribution in [3.8, 4) is 5.75 Å². The van der Waals surface area contributed by atoms with Crippen LogP contribution in [0, 0.1) is 0 Å². The van der Waals surface area contributed by atoms with Crippen LogP contribution in [0.3, 0.4) is 0 Å². The fraction of sp³-hybridized carbons (Fsp3) is 0.286. The van der Waals surface area contributed by atoms with E-state index in [9.17, 15) is 0 Å². The van der Waals surface area contributed by atoms with Crippen LogP contribution in [0.2, 0.25) is 0 Å². The SMILES string of the molecule is C=CC/C(=C(\Cl)OCC)c1cccc(OC)c1. The highest BCUT2D eigenvalue weighted by atomic mass is 35.5. The van der Waals surface area contributed by atoms with Gasteiger partial charge in [0.25, 0.3) is 0 Å². The van der Waals surface area contributed by atoms with Crippen LogP contribution in [0.1, 0.15) is 18.9 Å². The lowest BCUT2D eigenvalue weighted by atomic mass is 10.0. The first-order valence-corrected chi connectivity index (χ1v) is 5.87. The number of hydrogen-bond acceptors (Lipinski definition) is 2. The summed E-state index contributed by atoms with van der Waals surface area (Å²) in [4.78, 5) is 0. The Kier molecular flexibility index (Phi) is 5.64. The van der Waals surface area contributed by atoms with Crippen LogP contribution in [0.25, 0.3) is 5.57 Å². The van der Waals surface area contributed by atoms with Crippen molar-refractivity contribution in [1.82, 2.24) is 0 Å². The Morgan fingerprint density at radius 1 is 1.47 bits per heavy atom. The summed E-state index contributed by atoms with van der Waals surface area (Å²) < 4.78 is 10.5. The number of methoxy groups -OCH3 is 1. The lowest BCUT2D eigenvalue weighted by molar-refractivity contribution is 0.256. The zero-order valence-corrected chi connectivity index (χ0v) is 11.0. The molecule has 1 rings (SSSR count). The molecule has 0 aliphatic carbocycles. The van der Waals surface area contributed by atoms with Gasteiger partial charge < -0.3 is 9.47 Å². The van der Waals surface area contributed by atoms with Gasteiger partial charge in [0.1, 0.15) is 5.75 Å². The summed E-state index contributed by atoms with van der Waals surface area (Å²) in [6.45, 7) is 6.18. The molecule has 2 nitrogen and oxygen atoms in total. The molecule has 0 N–H and O–H groups in total. The summed E-state index contributed by atoms with van der Waals surface area (Å²) in [5.74, 6) is 0.796. The summed E-state index contributed by atoms with van der Waals surface area (Å²) in [7, 11) is 1.64. The molecule has 0 saturated heterocycles. The van der Waals surface area contributed by atoms with Crippen molar-refractivity contribution in [3.05, 3.63) is 47.7 Å². The van der Waals surface area contributed by atoms with Crippen molar-refractivity contribution >= 4 is 17.2 Å². The van der Waals surface area contributed by atoms with Crippen molar-refractivity contribution in [2.24, 2.45) is 0 Å². The van der Waals surface area contributed by atoms with Crippen LogP contribution >= 0.6 is 11.6 Å². The van der Waals surface area contributed by atoms with E-state index in [-0.39, 0.29) is 0 Å². The van der Waals surface area contributed by atoms with Gasteiger partial charge in [-0.2, -0.15) is 0 Å². The first-order chi connectivity index (χ1) is 8.22. The van der Waals surface area contributed by atoms with Gasteiger partial charge in [-0.1, -0.05) is 18.2 Å². The molecular weight excluding hydrogens is 236 g/mol. The molecule has 0 aliphatic heterocycles. The van der Waals surface area contributed by atoms with Gasteiger partial charge in [-0.15, -0.1) is 6.58 Å². The van der Waals surface area contributed by atoms with Gasteiger partial charge in [0, 0.05) is 5.57 Å². The Labute approximate surface area is 108 Å². The molecule has 3 heteroatoms. The molecule has 0 heterocycles. The van der Waals surface area contributed by atoms with Gasteiger partial charge in [-0.25, -0.2) is 0 Å². The molecule has 0 amide bonds. The number of halogens is 1. The molecule has 1 aromatic carbocycles. The van der Waals surface area contributed by atoms with Gasteiger partial charge in [-0.05, 0) is 42.6 Å². The molecule has 0 unspecified atom stereocenters. The zero-order chi connectivity index (χ0) is 12.7. The third-order valence-electron chi connectivity index (χ3n) is 2.27. The van der Waals surface area contributed by atoms with Crippen molar-refractivity contribution in [2.45, 2.75) is 13.3 Å². The summed E-state index contributed by atoms with van der Waals surface area (Å²) >= 11 is 6.12. The molecule has 92 valence electrons. The normalized spacial score (nSPS) is 11.7. The van der Waals surface area contributed by atoms with Crippen LogP contribution in [0.4, 0.5) is 0 Å². The second-order valence-electron chi connectivity index (χ2n) is 3.41.